The molecule has 0 spiro atoms. The van der Waals surface area contributed by atoms with Gasteiger partial charge >= 0.3 is 0 Å². The molecule has 2 aromatic rings. The first-order chi connectivity index (χ1) is 7.63. The number of rotatable bonds is 2. The van der Waals surface area contributed by atoms with Crippen LogP contribution in [-0.4, -0.2) is 9.78 Å². The fraction of sp³-hybridized carbons (Fsp3) is 0.250. The fourth-order valence-corrected chi connectivity index (χ4v) is 1.82. The molecule has 2 N–H and O–H groups in total. The Morgan fingerprint density at radius 2 is 2.12 bits per heavy atom. The highest BCUT2D eigenvalue weighted by Gasteiger charge is 2.11. The smallest absolute Gasteiger partial charge is 0.129 e. The average Bonchev–Trinajstić information content (AvgIpc) is 2.57. The zero-order valence-corrected chi connectivity index (χ0v) is 9.37. The second-order valence-corrected chi connectivity index (χ2v) is 3.78. The van der Waals surface area contributed by atoms with E-state index in [1.54, 1.807) is 10.7 Å². The molecule has 3 nitrogen and oxygen atoms in total. The topological polar surface area (TPSA) is 43.8 Å². The Balaban J connectivity index is 2.64. The van der Waals surface area contributed by atoms with Crippen LogP contribution in [0.4, 0.5) is 4.39 Å². The van der Waals surface area contributed by atoms with Crippen molar-refractivity contribution in [1.29, 1.82) is 0 Å². The number of aromatic nitrogens is 2. The lowest BCUT2D eigenvalue weighted by atomic mass is 10.1. The Morgan fingerprint density at radius 3 is 2.69 bits per heavy atom. The first-order valence-electron chi connectivity index (χ1n) is 5.14. The van der Waals surface area contributed by atoms with Gasteiger partial charge in [0.1, 0.15) is 5.82 Å². The van der Waals surface area contributed by atoms with Crippen molar-refractivity contribution in [2.45, 2.75) is 20.4 Å². The van der Waals surface area contributed by atoms with Crippen molar-refractivity contribution in [2.24, 2.45) is 5.73 Å². The number of aryl methyl sites for hydroxylation is 2. The number of nitrogens with zero attached hydrogens (tertiary/aromatic N) is 2. The maximum Gasteiger partial charge on any atom is 0.129 e. The number of halogens is 1. The van der Waals surface area contributed by atoms with E-state index in [-0.39, 0.29) is 12.4 Å². The number of hydrogen-bond acceptors (Lipinski definition) is 2. The molecule has 0 saturated carbocycles. The molecule has 1 heterocycles. The third-order valence-electron chi connectivity index (χ3n) is 2.54. The maximum atomic E-state index is 13.6. The van der Waals surface area contributed by atoms with Crippen LogP contribution in [0.2, 0.25) is 0 Å². The third kappa shape index (κ3) is 1.72. The number of benzene rings is 1. The Bertz CT molecular complexity index is 517. The molecule has 2 rings (SSSR count). The fourth-order valence-electron chi connectivity index (χ4n) is 1.82. The van der Waals surface area contributed by atoms with Crippen LogP contribution in [0.1, 0.15) is 17.0 Å². The van der Waals surface area contributed by atoms with E-state index in [2.05, 4.69) is 5.10 Å². The molecular formula is C12H14FN3. The molecule has 4 heteroatoms. The van der Waals surface area contributed by atoms with E-state index in [9.17, 15) is 4.39 Å². The van der Waals surface area contributed by atoms with Gasteiger partial charge in [0, 0.05) is 17.8 Å². The molecule has 1 aromatic carbocycles. The van der Waals surface area contributed by atoms with Gasteiger partial charge in [-0.05, 0) is 32.0 Å². The molecule has 0 aliphatic heterocycles. The van der Waals surface area contributed by atoms with Gasteiger partial charge in [0.15, 0.2) is 0 Å². The van der Waals surface area contributed by atoms with E-state index in [0.717, 1.165) is 11.4 Å². The monoisotopic (exact) mass is 219 g/mol. The van der Waals surface area contributed by atoms with Crippen molar-refractivity contribution in [1.82, 2.24) is 9.78 Å². The average molecular weight is 219 g/mol. The lowest BCUT2D eigenvalue weighted by Gasteiger charge is -2.10. The van der Waals surface area contributed by atoms with E-state index in [1.165, 1.54) is 6.07 Å². The standard InChI is InChI=1S/C12H14FN3/c1-8-6-9(2)16(15-8)12-5-3-4-11(13)10(12)7-14/h3-6H,7,14H2,1-2H3. The SMILES string of the molecule is Cc1cc(C)n(-c2cccc(F)c2CN)n1. The van der Waals surface area contributed by atoms with E-state index in [4.69, 9.17) is 5.73 Å². The van der Waals surface area contributed by atoms with Gasteiger partial charge in [0.25, 0.3) is 0 Å². The normalized spacial score (nSPS) is 10.8. The van der Waals surface area contributed by atoms with Gasteiger partial charge < -0.3 is 5.73 Å². The van der Waals surface area contributed by atoms with Crippen molar-refractivity contribution < 1.29 is 4.39 Å². The lowest BCUT2D eigenvalue weighted by Crippen LogP contribution is -2.09. The molecule has 0 bridgehead atoms. The highest BCUT2D eigenvalue weighted by atomic mass is 19.1. The predicted octanol–water partition coefficient (Wildman–Crippen LogP) is 2.09. The molecule has 0 aliphatic rings. The molecule has 16 heavy (non-hydrogen) atoms. The summed E-state index contributed by atoms with van der Waals surface area (Å²) in [5.41, 5.74) is 8.65. The summed E-state index contributed by atoms with van der Waals surface area (Å²) in [6, 6.07) is 6.85. The molecule has 0 saturated heterocycles. The molecule has 84 valence electrons. The second kappa shape index (κ2) is 4.06. The summed E-state index contributed by atoms with van der Waals surface area (Å²) >= 11 is 0. The van der Waals surface area contributed by atoms with Crippen molar-refractivity contribution in [3.8, 4) is 5.69 Å². The Hall–Kier alpha value is -1.68. The molecule has 0 aliphatic carbocycles. The number of nitrogens with two attached hydrogens (primary N) is 1. The lowest BCUT2D eigenvalue weighted by molar-refractivity contribution is 0.606. The Kier molecular flexibility index (Phi) is 2.75. The summed E-state index contributed by atoms with van der Waals surface area (Å²) in [5, 5.41) is 4.32. The van der Waals surface area contributed by atoms with Gasteiger partial charge in [-0.25, -0.2) is 9.07 Å². The van der Waals surface area contributed by atoms with Gasteiger partial charge in [-0.15, -0.1) is 0 Å². The van der Waals surface area contributed by atoms with Crippen LogP contribution in [0.25, 0.3) is 5.69 Å². The zero-order valence-electron chi connectivity index (χ0n) is 9.37. The largest absolute Gasteiger partial charge is 0.326 e. The second-order valence-electron chi connectivity index (χ2n) is 3.78. The van der Waals surface area contributed by atoms with Crippen molar-refractivity contribution in [2.75, 3.05) is 0 Å². The summed E-state index contributed by atoms with van der Waals surface area (Å²) in [6.45, 7) is 4.01. The van der Waals surface area contributed by atoms with Crippen LogP contribution < -0.4 is 5.73 Å². The molecular weight excluding hydrogens is 205 g/mol. The molecule has 1 aromatic heterocycles. The van der Waals surface area contributed by atoms with Crippen molar-refractivity contribution in [3.63, 3.8) is 0 Å². The van der Waals surface area contributed by atoms with Crippen LogP contribution in [0.5, 0.6) is 0 Å². The number of hydrogen-bond donors (Lipinski definition) is 1. The van der Waals surface area contributed by atoms with Crippen molar-refractivity contribution in [3.05, 3.63) is 47.0 Å². The van der Waals surface area contributed by atoms with Crippen LogP contribution >= 0.6 is 0 Å². The quantitative estimate of drug-likeness (QED) is 0.840. The van der Waals surface area contributed by atoms with Crippen LogP contribution in [0.15, 0.2) is 24.3 Å². The Labute approximate surface area is 93.7 Å². The first-order valence-corrected chi connectivity index (χ1v) is 5.14. The Morgan fingerprint density at radius 1 is 1.38 bits per heavy atom. The zero-order chi connectivity index (χ0) is 11.7. The predicted molar refractivity (Wildman–Crippen MR) is 60.9 cm³/mol. The molecule has 0 fully saturated rings. The maximum absolute atomic E-state index is 13.6. The van der Waals surface area contributed by atoms with E-state index >= 15 is 0 Å². The summed E-state index contributed by atoms with van der Waals surface area (Å²) in [5.74, 6) is -0.285. The minimum atomic E-state index is -0.285. The third-order valence-corrected chi connectivity index (χ3v) is 2.54. The highest BCUT2D eigenvalue weighted by Crippen LogP contribution is 2.19. The van der Waals surface area contributed by atoms with Gasteiger partial charge in [-0.3, -0.25) is 0 Å². The summed E-state index contributed by atoms with van der Waals surface area (Å²) in [6.07, 6.45) is 0. The van der Waals surface area contributed by atoms with Gasteiger partial charge in [-0.2, -0.15) is 5.10 Å². The van der Waals surface area contributed by atoms with E-state index in [0.29, 0.717) is 11.3 Å². The van der Waals surface area contributed by atoms with Gasteiger partial charge in [0.2, 0.25) is 0 Å². The molecule has 0 amide bonds. The first kappa shape index (κ1) is 10.8. The van der Waals surface area contributed by atoms with Gasteiger partial charge in [-0.1, -0.05) is 6.07 Å². The summed E-state index contributed by atoms with van der Waals surface area (Å²) < 4.78 is 15.3. The minimum Gasteiger partial charge on any atom is -0.326 e. The van der Waals surface area contributed by atoms with Gasteiger partial charge in [0.05, 0.1) is 11.4 Å². The summed E-state index contributed by atoms with van der Waals surface area (Å²) in [7, 11) is 0. The van der Waals surface area contributed by atoms with Crippen LogP contribution in [-0.2, 0) is 6.54 Å². The highest BCUT2D eigenvalue weighted by molar-refractivity contribution is 5.42. The molecule has 0 unspecified atom stereocenters. The minimum absolute atomic E-state index is 0.167. The molecule has 0 atom stereocenters. The van der Waals surface area contributed by atoms with Crippen LogP contribution in [0, 0.1) is 19.7 Å². The molecule has 0 radical (unpaired) electrons. The van der Waals surface area contributed by atoms with Crippen molar-refractivity contribution >= 4 is 0 Å². The van der Waals surface area contributed by atoms with Crippen LogP contribution in [0.3, 0.4) is 0 Å². The van der Waals surface area contributed by atoms with E-state index in [1.807, 2.05) is 26.0 Å². The summed E-state index contributed by atoms with van der Waals surface area (Å²) in [4.78, 5) is 0. The van der Waals surface area contributed by atoms with E-state index < -0.39 is 0 Å².